The lowest BCUT2D eigenvalue weighted by molar-refractivity contribution is -0.143. The van der Waals surface area contributed by atoms with Crippen molar-refractivity contribution in [3.63, 3.8) is 0 Å². The van der Waals surface area contributed by atoms with Crippen molar-refractivity contribution in [2.75, 3.05) is 13.2 Å². The maximum absolute atomic E-state index is 14.6. The molecule has 0 saturated heterocycles. The Hall–Kier alpha value is -3.49. The Kier molecular flexibility index (Phi) is 9.31. The van der Waals surface area contributed by atoms with Crippen LogP contribution in [0.4, 0.5) is 8.78 Å². The van der Waals surface area contributed by atoms with E-state index in [1.165, 1.54) is 36.8 Å². The summed E-state index contributed by atoms with van der Waals surface area (Å²) in [4.78, 5) is 35.9. The van der Waals surface area contributed by atoms with Gasteiger partial charge < -0.3 is 19.9 Å². The van der Waals surface area contributed by atoms with Gasteiger partial charge in [0.15, 0.2) is 17.3 Å². The molecule has 2 aromatic carbocycles. The van der Waals surface area contributed by atoms with E-state index in [9.17, 15) is 23.2 Å². The van der Waals surface area contributed by atoms with Crippen LogP contribution in [0, 0.1) is 23.5 Å². The Bertz CT molecular complexity index is 1160. The lowest BCUT2D eigenvalue weighted by atomic mass is 9.86. The van der Waals surface area contributed by atoms with E-state index in [1.54, 1.807) is 0 Å². The first-order valence-corrected chi connectivity index (χ1v) is 13.2. The minimum Gasteiger partial charge on any atom is -0.490 e. The predicted octanol–water partition coefficient (Wildman–Crippen LogP) is 5.56. The van der Waals surface area contributed by atoms with Crippen molar-refractivity contribution in [1.29, 1.82) is 0 Å². The average Bonchev–Trinajstić information content (AvgIpc) is 2.86. The van der Waals surface area contributed by atoms with E-state index in [4.69, 9.17) is 14.6 Å². The standard InChI is InChI=1S/C29H33F2NO6/c30-24-16-22(38-21-9-6-19(7-10-21)29(35)36)11-12-23(24)26(33)5-2-14-32-28(34)20-8-13-27(25(31)15-20)37-17-18-3-1-4-18/h8,11-13,15-16,18-19,21H,1-7,9-10,14,17H2,(H,32,34)(H,35,36). The lowest BCUT2D eigenvalue weighted by Crippen LogP contribution is -2.27. The smallest absolute Gasteiger partial charge is 0.306 e. The van der Waals surface area contributed by atoms with E-state index in [0.717, 1.165) is 18.9 Å². The van der Waals surface area contributed by atoms with E-state index < -0.39 is 29.3 Å². The summed E-state index contributed by atoms with van der Waals surface area (Å²) < 4.78 is 40.2. The van der Waals surface area contributed by atoms with Gasteiger partial charge in [0.25, 0.3) is 5.91 Å². The van der Waals surface area contributed by atoms with Crippen LogP contribution >= 0.6 is 0 Å². The molecule has 2 fully saturated rings. The number of benzene rings is 2. The first kappa shape index (κ1) is 27.5. The SMILES string of the molecule is O=C(NCCCC(=O)c1ccc(OC2CCC(C(=O)O)CC2)cc1F)c1ccc(OCC2CCC2)c(F)c1. The van der Waals surface area contributed by atoms with Crippen molar-refractivity contribution in [1.82, 2.24) is 5.32 Å². The molecular formula is C29H33F2NO6. The highest BCUT2D eigenvalue weighted by molar-refractivity contribution is 5.96. The van der Waals surface area contributed by atoms with E-state index in [2.05, 4.69) is 5.32 Å². The molecule has 2 aliphatic rings. The Morgan fingerprint density at radius 3 is 2.34 bits per heavy atom. The quantitative estimate of drug-likeness (QED) is 0.276. The molecule has 0 heterocycles. The maximum Gasteiger partial charge on any atom is 0.306 e. The molecule has 0 aliphatic heterocycles. The first-order valence-electron chi connectivity index (χ1n) is 13.2. The number of halogens is 2. The molecule has 4 rings (SSSR count). The maximum atomic E-state index is 14.6. The number of hydrogen-bond acceptors (Lipinski definition) is 5. The van der Waals surface area contributed by atoms with Gasteiger partial charge in [-0.1, -0.05) is 6.42 Å². The number of carboxylic acids is 1. The minimum absolute atomic E-state index is 0.0267. The fourth-order valence-corrected chi connectivity index (χ4v) is 4.73. The van der Waals surface area contributed by atoms with E-state index >= 15 is 0 Å². The molecule has 0 radical (unpaired) electrons. The third kappa shape index (κ3) is 7.30. The zero-order valence-corrected chi connectivity index (χ0v) is 21.2. The fraction of sp³-hybridized carbons (Fsp3) is 0.483. The topological polar surface area (TPSA) is 102 Å². The molecule has 2 aromatic rings. The number of aliphatic carboxylic acids is 1. The first-order chi connectivity index (χ1) is 18.3. The van der Waals surface area contributed by atoms with Crippen molar-refractivity contribution in [2.24, 2.45) is 11.8 Å². The molecule has 0 unspecified atom stereocenters. The van der Waals surface area contributed by atoms with Crippen LogP contribution in [0.3, 0.4) is 0 Å². The molecule has 7 nitrogen and oxygen atoms in total. The molecule has 1 amide bonds. The molecule has 2 N–H and O–H groups in total. The summed E-state index contributed by atoms with van der Waals surface area (Å²) in [6.45, 7) is 0.649. The zero-order valence-electron chi connectivity index (χ0n) is 21.2. The summed E-state index contributed by atoms with van der Waals surface area (Å²) in [5.41, 5.74) is 0.0979. The number of nitrogens with one attached hydrogen (secondary N) is 1. The number of amides is 1. The highest BCUT2D eigenvalue weighted by Gasteiger charge is 2.27. The Morgan fingerprint density at radius 1 is 0.947 bits per heavy atom. The molecule has 38 heavy (non-hydrogen) atoms. The molecule has 0 atom stereocenters. The second kappa shape index (κ2) is 12.8. The summed E-state index contributed by atoms with van der Waals surface area (Å²) in [7, 11) is 0. The summed E-state index contributed by atoms with van der Waals surface area (Å²) in [6, 6.07) is 8.17. The van der Waals surface area contributed by atoms with Gasteiger partial charge >= 0.3 is 5.97 Å². The summed E-state index contributed by atoms with van der Waals surface area (Å²) in [5, 5.41) is 11.7. The van der Waals surface area contributed by atoms with Crippen LogP contribution in [-0.2, 0) is 4.79 Å². The average molecular weight is 530 g/mol. The van der Waals surface area contributed by atoms with Crippen molar-refractivity contribution < 1.29 is 37.7 Å². The van der Waals surface area contributed by atoms with Crippen LogP contribution in [-0.4, -0.2) is 42.0 Å². The number of ketones is 1. The number of ether oxygens (including phenoxy) is 2. The Labute approximate surface area is 220 Å². The van der Waals surface area contributed by atoms with Gasteiger partial charge in [0.2, 0.25) is 0 Å². The van der Waals surface area contributed by atoms with Crippen LogP contribution in [0.5, 0.6) is 11.5 Å². The number of hydrogen-bond donors (Lipinski definition) is 2. The van der Waals surface area contributed by atoms with Crippen molar-refractivity contribution in [3.05, 3.63) is 59.2 Å². The van der Waals surface area contributed by atoms with Gasteiger partial charge in [-0.15, -0.1) is 0 Å². The van der Waals surface area contributed by atoms with Gasteiger partial charge in [0.05, 0.1) is 24.2 Å². The Balaban J connectivity index is 1.19. The number of Topliss-reactive ketones (excluding diaryl/α,β-unsaturated/α-hetero) is 1. The van der Waals surface area contributed by atoms with Gasteiger partial charge in [-0.3, -0.25) is 14.4 Å². The van der Waals surface area contributed by atoms with Gasteiger partial charge in [0.1, 0.15) is 11.6 Å². The monoisotopic (exact) mass is 529 g/mol. The Morgan fingerprint density at radius 2 is 1.71 bits per heavy atom. The molecule has 9 heteroatoms. The molecule has 0 aromatic heterocycles. The highest BCUT2D eigenvalue weighted by atomic mass is 19.1. The van der Waals surface area contributed by atoms with Gasteiger partial charge in [0, 0.05) is 24.6 Å². The van der Waals surface area contributed by atoms with Gasteiger partial charge in [-0.05, 0) is 81.2 Å². The highest BCUT2D eigenvalue weighted by Crippen LogP contribution is 2.29. The summed E-state index contributed by atoms with van der Waals surface area (Å²) in [5.74, 6) is -2.41. The van der Waals surface area contributed by atoms with Crippen molar-refractivity contribution in [2.45, 2.75) is 63.9 Å². The zero-order chi connectivity index (χ0) is 27.1. The van der Waals surface area contributed by atoms with Gasteiger partial charge in [-0.2, -0.15) is 0 Å². The second-order valence-electron chi connectivity index (χ2n) is 10.1. The van der Waals surface area contributed by atoms with Crippen molar-refractivity contribution in [3.8, 4) is 11.5 Å². The third-order valence-electron chi connectivity index (χ3n) is 7.33. The largest absolute Gasteiger partial charge is 0.490 e. The van der Waals surface area contributed by atoms with E-state index in [-0.39, 0.29) is 41.9 Å². The molecule has 204 valence electrons. The van der Waals surface area contributed by atoms with Gasteiger partial charge in [-0.25, -0.2) is 8.78 Å². The lowest BCUT2D eigenvalue weighted by Gasteiger charge is -2.26. The van der Waals surface area contributed by atoms with E-state index in [0.29, 0.717) is 50.4 Å². The van der Waals surface area contributed by atoms with Crippen LogP contribution < -0.4 is 14.8 Å². The van der Waals surface area contributed by atoms with Crippen LogP contribution in [0.1, 0.15) is 78.5 Å². The predicted molar refractivity (Wildman–Crippen MR) is 136 cm³/mol. The number of carbonyl (C=O) groups is 3. The van der Waals surface area contributed by atoms with E-state index in [1.807, 2.05) is 0 Å². The molecular weight excluding hydrogens is 496 g/mol. The summed E-state index contributed by atoms with van der Waals surface area (Å²) >= 11 is 0. The van der Waals surface area contributed by atoms with Crippen LogP contribution in [0.15, 0.2) is 36.4 Å². The van der Waals surface area contributed by atoms with Crippen molar-refractivity contribution >= 4 is 17.7 Å². The van der Waals surface area contributed by atoms with Crippen LogP contribution in [0.2, 0.25) is 0 Å². The normalized spacial score (nSPS) is 19.3. The fourth-order valence-electron chi connectivity index (χ4n) is 4.73. The molecule has 2 aliphatic carbocycles. The number of rotatable bonds is 12. The number of carboxylic acid groups (broad SMARTS) is 1. The third-order valence-corrected chi connectivity index (χ3v) is 7.33. The molecule has 0 spiro atoms. The number of carbonyl (C=O) groups excluding carboxylic acids is 2. The molecule has 0 bridgehead atoms. The van der Waals surface area contributed by atoms with Crippen LogP contribution in [0.25, 0.3) is 0 Å². The minimum atomic E-state index is -0.802. The second-order valence-corrected chi connectivity index (χ2v) is 10.1. The summed E-state index contributed by atoms with van der Waals surface area (Å²) in [6.07, 6.45) is 5.70. The molecule has 2 saturated carbocycles.